The van der Waals surface area contributed by atoms with Crippen molar-refractivity contribution in [3.8, 4) is 0 Å². The summed E-state index contributed by atoms with van der Waals surface area (Å²) in [5.41, 5.74) is 5.27. The van der Waals surface area contributed by atoms with Crippen molar-refractivity contribution in [3.05, 3.63) is 0 Å². The molecule has 1 atom stereocenters. The van der Waals surface area contributed by atoms with Crippen molar-refractivity contribution >= 4 is 12.3 Å². The van der Waals surface area contributed by atoms with Crippen LogP contribution >= 0.6 is 0 Å². The van der Waals surface area contributed by atoms with Crippen LogP contribution in [-0.2, 0) is 0 Å². The van der Waals surface area contributed by atoms with Gasteiger partial charge in [0.1, 0.15) is 6.17 Å². The highest BCUT2D eigenvalue weighted by Gasteiger charge is 1.98. The van der Waals surface area contributed by atoms with Gasteiger partial charge in [-0.25, -0.2) is 9.98 Å². The van der Waals surface area contributed by atoms with Gasteiger partial charge in [0.05, 0.1) is 6.34 Å². The molecule has 8 heavy (non-hydrogen) atoms. The van der Waals surface area contributed by atoms with Crippen LogP contribution in [-0.4, -0.2) is 18.5 Å². The fraction of sp³-hybridized carbons (Fsp3) is 0.500. The maximum Gasteiger partial charge on any atom is 0.195 e. The van der Waals surface area contributed by atoms with Gasteiger partial charge < -0.3 is 11.1 Å². The van der Waals surface area contributed by atoms with Crippen molar-refractivity contribution in [1.82, 2.24) is 5.32 Å². The minimum absolute atomic E-state index is 0.0174. The van der Waals surface area contributed by atoms with Crippen molar-refractivity contribution in [2.75, 3.05) is 0 Å². The number of nitrogens with zero attached hydrogens (tertiary/aromatic N) is 2. The minimum Gasteiger partial charge on any atom is -0.370 e. The third-order valence-corrected chi connectivity index (χ3v) is 0.829. The Bertz CT molecular complexity index is 137. The number of nitrogens with two attached hydrogens (primary N) is 1. The molecule has 3 N–H and O–H groups in total. The summed E-state index contributed by atoms with van der Waals surface area (Å²) in [6.07, 6.45) is 1.53. The van der Waals surface area contributed by atoms with Crippen LogP contribution in [0.4, 0.5) is 0 Å². The van der Waals surface area contributed by atoms with Gasteiger partial charge in [-0.2, -0.15) is 0 Å². The Kier molecular flexibility index (Phi) is 1.15. The maximum absolute atomic E-state index is 5.27. The SMILES string of the molecule is CC1N=CNC(N)=N1. The van der Waals surface area contributed by atoms with Crippen molar-refractivity contribution in [3.63, 3.8) is 0 Å². The quantitative estimate of drug-likeness (QED) is 0.434. The molecule has 0 aromatic carbocycles. The summed E-state index contributed by atoms with van der Waals surface area (Å²) in [7, 11) is 0. The van der Waals surface area contributed by atoms with E-state index in [2.05, 4.69) is 15.3 Å². The zero-order valence-corrected chi connectivity index (χ0v) is 4.63. The Hall–Kier alpha value is -1.06. The largest absolute Gasteiger partial charge is 0.370 e. The first-order chi connectivity index (χ1) is 3.79. The first kappa shape index (κ1) is 5.08. The molecule has 44 valence electrons. The highest BCUT2D eigenvalue weighted by Crippen LogP contribution is 1.90. The topological polar surface area (TPSA) is 62.8 Å². The molecule has 0 amide bonds. The number of nitrogens with one attached hydrogen (secondary N) is 1. The normalized spacial score (nSPS) is 26.6. The molecule has 4 nitrogen and oxygen atoms in total. The zero-order valence-electron chi connectivity index (χ0n) is 4.63. The first-order valence-electron chi connectivity index (χ1n) is 2.40. The molecular weight excluding hydrogens is 104 g/mol. The van der Waals surface area contributed by atoms with Gasteiger partial charge in [0.15, 0.2) is 5.96 Å². The summed E-state index contributed by atoms with van der Waals surface area (Å²) in [5, 5.41) is 2.65. The molecule has 0 aromatic heterocycles. The van der Waals surface area contributed by atoms with Gasteiger partial charge >= 0.3 is 0 Å². The second-order valence-corrected chi connectivity index (χ2v) is 1.57. The lowest BCUT2D eigenvalue weighted by Gasteiger charge is -2.07. The second-order valence-electron chi connectivity index (χ2n) is 1.57. The molecule has 4 heteroatoms. The molecule has 1 heterocycles. The molecule has 1 rings (SSSR count). The zero-order chi connectivity index (χ0) is 5.98. The molecule has 0 aliphatic carbocycles. The van der Waals surface area contributed by atoms with E-state index in [1.54, 1.807) is 6.34 Å². The van der Waals surface area contributed by atoms with Gasteiger partial charge in [-0.3, -0.25) is 0 Å². The number of rotatable bonds is 0. The van der Waals surface area contributed by atoms with Crippen LogP contribution in [0.15, 0.2) is 9.98 Å². The molecule has 0 aromatic rings. The average molecular weight is 112 g/mol. The summed E-state index contributed by atoms with van der Waals surface area (Å²) in [5.74, 6) is 0.438. The lowest BCUT2D eigenvalue weighted by atomic mass is 10.6. The predicted octanol–water partition coefficient (Wildman–Crippen LogP) is -0.721. The van der Waals surface area contributed by atoms with Crippen LogP contribution in [0.2, 0.25) is 0 Å². The molecule has 0 saturated heterocycles. The summed E-state index contributed by atoms with van der Waals surface area (Å²) in [4.78, 5) is 7.74. The Morgan fingerprint density at radius 1 is 1.88 bits per heavy atom. The first-order valence-corrected chi connectivity index (χ1v) is 2.40. The second kappa shape index (κ2) is 1.81. The van der Waals surface area contributed by atoms with Crippen molar-refractivity contribution in [2.45, 2.75) is 13.1 Å². The van der Waals surface area contributed by atoms with Gasteiger partial charge in [0, 0.05) is 0 Å². The third kappa shape index (κ3) is 0.959. The Morgan fingerprint density at radius 2 is 2.62 bits per heavy atom. The number of aliphatic imine (C=N–C) groups is 2. The van der Waals surface area contributed by atoms with Gasteiger partial charge in [-0.1, -0.05) is 0 Å². The molecule has 0 saturated carbocycles. The number of guanidine groups is 1. The van der Waals surface area contributed by atoms with Crippen molar-refractivity contribution < 1.29 is 0 Å². The fourth-order valence-corrected chi connectivity index (χ4v) is 0.483. The van der Waals surface area contributed by atoms with E-state index in [4.69, 9.17) is 5.73 Å². The number of hydrogen-bond donors (Lipinski definition) is 2. The van der Waals surface area contributed by atoms with Crippen molar-refractivity contribution in [2.24, 2.45) is 15.7 Å². The molecule has 0 spiro atoms. The van der Waals surface area contributed by atoms with E-state index in [9.17, 15) is 0 Å². The molecule has 1 unspecified atom stereocenters. The van der Waals surface area contributed by atoms with E-state index in [0.29, 0.717) is 5.96 Å². The maximum atomic E-state index is 5.27. The highest BCUT2D eigenvalue weighted by molar-refractivity contribution is 5.90. The van der Waals surface area contributed by atoms with Crippen molar-refractivity contribution in [1.29, 1.82) is 0 Å². The smallest absolute Gasteiger partial charge is 0.195 e. The minimum atomic E-state index is -0.0174. The van der Waals surface area contributed by atoms with E-state index >= 15 is 0 Å². The average Bonchev–Trinajstić information content (AvgIpc) is 1.64. The Balaban J connectivity index is 2.60. The Morgan fingerprint density at radius 3 is 3.00 bits per heavy atom. The summed E-state index contributed by atoms with van der Waals surface area (Å²) >= 11 is 0. The van der Waals surface area contributed by atoms with Gasteiger partial charge in [-0.15, -0.1) is 0 Å². The summed E-state index contributed by atoms with van der Waals surface area (Å²) in [6.45, 7) is 1.87. The molecule has 0 bridgehead atoms. The van der Waals surface area contributed by atoms with E-state index in [0.717, 1.165) is 0 Å². The number of hydrogen-bond acceptors (Lipinski definition) is 4. The van der Waals surface area contributed by atoms with Gasteiger partial charge in [0.2, 0.25) is 0 Å². The van der Waals surface area contributed by atoms with E-state index < -0.39 is 0 Å². The predicted molar refractivity (Wildman–Crippen MR) is 32.7 cm³/mol. The molecule has 1 aliphatic heterocycles. The monoisotopic (exact) mass is 112 g/mol. The van der Waals surface area contributed by atoms with E-state index in [1.165, 1.54) is 0 Å². The third-order valence-electron chi connectivity index (χ3n) is 0.829. The van der Waals surface area contributed by atoms with Crippen LogP contribution in [0, 0.1) is 0 Å². The van der Waals surface area contributed by atoms with Gasteiger partial charge in [-0.05, 0) is 6.92 Å². The van der Waals surface area contributed by atoms with Crippen LogP contribution < -0.4 is 11.1 Å². The fourth-order valence-electron chi connectivity index (χ4n) is 0.483. The lowest BCUT2D eigenvalue weighted by molar-refractivity contribution is 0.775. The molecule has 0 fully saturated rings. The standard InChI is InChI=1S/C4H8N4/c1-3-6-2-7-4(5)8-3/h2-3H,1H3,(H3,5,6,7,8). The van der Waals surface area contributed by atoms with E-state index in [-0.39, 0.29) is 6.17 Å². The lowest BCUT2D eigenvalue weighted by Crippen LogP contribution is -2.34. The Labute approximate surface area is 47.5 Å². The van der Waals surface area contributed by atoms with Crippen LogP contribution in [0.5, 0.6) is 0 Å². The molecular formula is C4H8N4. The van der Waals surface area contributed by atoms with E-state index in [1.807, 2.05) is 6.92 Å². The molecule has 1 aliphatic rings. The summed E-state index contributed by atoms with van der Waals surface area (Å²) < 4.78 is 0. The van der Waals surface area contributed by atoms with Crippen LogP contribution in [0.25, 0.3) is 0 Å². The van der Waals surface area contributed by atoms with Crippen LogP contribution in [0.1, 0.15) is 6.92 Å². The highest BCUT2D eigenvalue weighted by atomic mass is 15.2. The molecule has 0 radical (unpaired) electrons. The summed E-state index contributed by atoms with van der Waals surface area (Å²) in [6, 6.07) is 0. The van der Waals surface area contributed by atoms with Gasteiger partial charge in [0.25, 0.3) is 0 Å². The van der Waals surface area contributed by atoms with Crippen LogP contribution in [0.3, 0.4) is 0 Å².